The molecule has 0 saturated carbocycles. The summed E-state index contributed by atoms with van der Waals surface area (Å²) in [4.78, 5) is 26.6. The van der Waals surface area contributed by atoms with Gasteiger partial charge in [0.15, 0.2) is 5.65 Å². The fraction of sp³-hybridized carbons (Fsp3) is 0.368. The average Bonchev–Trinajstić information content (AvgIpc) is 2.76. The molecule has 0 bridgehead atoms. The molecule has 128 valence electrons. The molecule has 0 atom stereocenters. The molecule has 1 aliphatic heterocycles. The third-order valence-corrected chi connectivity index (χ3v) is 4.57. The van der Waals surface area contributed by atoms with Crippen molar-refractivity contribution in [3.63, 3.8) is 0 Å². The molecule has 1 aliphatic rings. The van der Waals surface area contributed by atoms with Crippen LogP contribution in [0, 0.1) is 13.8 Å². The van der Waals surface area contributed by atoms with Gasteiger partial charge in [-0.05, 0) is 44.9 Å². The summed E-state index contributed by atoms with van der Waals surface area (Å²) < 4.78 is 2.18. The number of nitrogens with one attached hydrogen (secondary N) is 1. The summed E-state index contributed by atoms with van der Waals surface area (Å²) in [6.45, 7) is 4.73. The van der Waals surface area contributed by atoms with Crippen molar-refractivity contribution >= 4 is 22.9 Å². The highest BCUT2D eigenvalue weighted by Gasteiger charge is 2.21. The molecule has 0 spiro atoms. The second-order valence-electron chi connectivity index (χ2n) is 6.59. The van der Waals surface area contributed by atoms with E-state index in [1.54, 1.807) is 12.1 Å². The minimum absolute atomic E-state index is 0.193. The predicted molar refractivity (Wildman–Crippen MR) is 96.7 cm³/mol. The van der Waals surface area contributed by atoms with E-state index in [-0.39, 0.29) is 5.91 Å². The van der Waals surface area contributed by atoms with E-state index in [1.165, 1.54) is 6.42 Å². The molecular weight excluding hydrogens is 314 g/mol. The Bertz CT molecular complexity index is 960. The van der Waals surface area contributed by atoms with Gasteiger partial charge in [-0.2, -0.15) is 0 Å². The number of fused-ring (bicyclic) bond motifs is 3. The van der Waals surface area contributed by atoms with Crippen molar-refractivity contribution in [2.75, 3.05) is 5.32 Å². The maximum absolute atomic E-state index is 12.8. The maximum Gasteiger partial charge on any atom is 0.259 e. The third kappa shape index (κ3) is 2.99. The number of nitrogens with zero attached hydrogens (tertiary/aromatic N) is 4. The van der Waals surface area contributed by atoms with Gasteiger partial charge in [0.05, 0.1) is 5.56 Å². The monoisotopic (exact) mass is 335 g/mol. The fourth-order valence-electron chi connectivity index (χ4n) is 3.39. The number of rotatable bonds is 2. The maximum atomic E-state index is 12.8. The SMILES string of the molecule is Cc1cccc(NC(=O)c2cc(C)nc3c2nc2n3CCCCC2)n1. The lowest BCUT2D eigenvalue weighted by Gasteiger charge is -2.08. The van der Waals surface area contributed by atoms with Crippen LogP contribution < -0.4 is 5.32 Å². The Balaban J connectivity index is 1.77. The molecule has 4 heterocycles. The van der Waals surface area contributed by atoms with Gasteiger partial charge in [-0.25, -0.2) is 15.0 Å². The molecule has 1 N–H and O–H groups in total. The lowest BCUT2D eigenvalue weighted by molar-refractivity contribution is 0.102. The lowest BCUT2D eigenvalue weighted by atomic mass is 10.2. The average molecular weight is 335 g/mol. The number of aromatic nitrogens is 4. The van der Waals surface area contributed by atoms with Crippen LogP contribution in [0.5, 0.6) is 0 Å². The summed E-state index contributed by atoms with van der Waals surface area (Å²) in [6.07, 6.45) is 4.42. The van der Waals surface area contributed by atoms with E-state index in [0.29, 0.717) is 16.9 Å². The Morgan fingerprint density at radius 3 is 2.80 bits per heavy atom. The Morgan fingerprint density at radius 1 is 1.08 bits per heavy atom. The number of imidazole rings is 1. The van der Waals surface area contributed by atoms with Gasteiger partial charge in [-0.1, -0.05) is 12.5 Å². The van der Waals surface area contributed by atoms with Gasteiger partial charge in [-0.15, -0.1) is 0 Å². The molecule has 4 rings (SSSR count). The number of anilines is 1. The molecule has 6 heteroatoms. The standard InChI is InChI=1S/C19H21N5O/c1-12-7-6-8-15(20-12)22-19(25)14-11-13(2)21-18-17(14)23-16-9-4-3-5-10-24(16)18/h6-8,11H,3-5,9-10H2,1-2H3,(H,20,22,25). The molecule has 0 unspecified atom stereocenters. The number of hydrogen-bond donors (Lipinski definition) is 1. The van der Waals surface area contributed by atoms with Crippen molar-refractivity contribution in [1.29, 1.82) is 0 Å². The minimum Gasteiger partial charge on any atom is -0.313 e. The molecular formula is C19H21N5O. The van der Waals surface area contributed by atoms with Gasteiger partial charge < -0.3 is 9.88 Å². The first kappa shape index (κ1) is 15.7. The van der Waals surface area contributed by atoms with E-state index in [2.05, 4.69) is 19.9 Å². The van der Waals surface area contributed by atoms with Gasteiger partial charge in [-0.3, -0.25) is 4.79 Å². The van der Waals surface area contributed by atoms with Gasteiger partial charge >= 0.3 is 0 Å². The first-order chi connectivity index (χ1) is 12.1. The molecule has 3 aromatic rings. The van der Waals surface area contributed by atoms with Crippen molar-refractivity contribution in [3.8, 4) is 0 Å². The fourth-order valence-corrected chi connectivity index (χ4v) is 3.39. The first-order valence-corrected chi connectivity index (χ1v) is 8.73. The topological polar surface area (TPSA) is 72.7 Å². The molecule has 0 aliphatic carbocycles. The molecule has 0 radical (unpaired) electrons. The highest BCUT2D eigenvalue weighted by molar-refractivity contribution is 6.10. The van der Waals surface area contributed by atoms with Gasteiger partial charge in [0.1, 0.15) is 17.2 Å². The molecule has 0 fully saturated rings. The van der Waals surface area contributed by atoms with Crippen molar-refractivity contribution in [3.05, 3.63) is 47.0 Å². The zero-order valence-electron chi connectivity index (χ0n) is 14.5. The highest BCUT2D eigenvalue weighted by Crippen LogP contribution is 2.24. The largest absolute Gasteiger partial charge is 0.313 e. The molecule has 3 aromatic heterocycles. The van der Waals surface area contributed by atoms with E-state index >= 15 is 0 Å². The van der Waals surface area contributed by atoms with Crippen molar-refractivity contribution in [1.82, 2.24) is 19.5 Å². The van der Waals surface area contributed by atoms with Gasteiger partial charge in [0.25, 0.3) is 5.91 Å². The van der Waals surface area contributed by atoms with Crippen LogP contribution in [0.2, 0.25) is 0 Å². The summed E-state index contributed by atoms with van der Waals surface area (Å²) in [5.41, 5.74) is 3.75. The first-order valence-electron chi connectivity index (χ1n) is 8.73. The van der Waals surface area contributed by atoms with Gasteiger partial charge in [0, 0.05) is 24.4 Å². The number of hydrogen-bond acceptors (Lipinski definition) is 4. The van der Waals surface area contributed by atoms with E-state index in [4.69, 9.17) is 4.98 Å². The van der Waals surface area contributed by atoms with Gasteiger partial charge in [0.2, 0.25) is 0 Å². The summed E-state index contributed by atoms with van der Waals surface area (Å²) in [7, 11) is 0. The molecule has 1 amide bonds. The van der Waals surface area contributed by atoms with Crippen LogP contribution in [-0.2, 0) is 13.0 Å². The predicted octanol–water partition coefficient (Wildman–Crippen LogP) is 3.42. The molecule has 0 aromatic carbocycles. The second kappa shape index (κ2) is 6.27. The Kier molecular flexibility index (Phi) is 3.95. The van der Waals surface area contributed by atoms with E-state index in [9.17, 15) is 4.79 Å². The van der Waals surface area contributed by atoms with Crippen molar-refractivity contribution in [2.45, 2.75) is 46.1 Å². The van der Waals surface area contributed by atoms with E-state index in [0.717, 1.165) is 48.7 Å². The summed E-state index contributed by atoms with van der Waals surface area (Å²) in [5.74, 6) is 1.39. The number of aryl methyl sites for hydroxylation is 4. The summed E-state index contributed by atoms with van der Waals surface area (Å²) in [5, 5.41) is 2.88. The van der Waals surface area contributed by atoms with Crippen LogP contribution in [-0.4, -0.2) is 25.4 Å². The van der Waals surface area contributed by atoms with E-state index < -0.39 is 0 Å². The third-order valence-electron chi connectivity index (χ3n) is 4.57. The quantitative estimate of drug-likeness (QED) is 0.779. The van der Waals surface area contributed by atoms with Crippen molar-refractivity contribution < 1.29 is 4.79 Å². The van der Waals surface area contributed by atoms with Crippen LogP contribution in [0.25, 0.3) is 11.2 Å². The zero-order chi connectivity index (χ0) is 17.4. The normalized spacial score (nSPS) is 14.2. The zero-order valence-corrected chi connectivity index (χ0v) is 14.5. The van der Waals surface area contributed by atoms with Crippen LogP contribution in [0.15, 0.2) is 24.3 Å². The number of amides is 1. The van der Waals surface area contributed by atoms with Crippen LogP contribution in [0.4, 0.5) is 5.82 Å². The smallest absolute Gasteiger partial charge is 0.259 e. The lowest BCUT2D eigenvalue weighted by Crippen LogP contribution is -2.14. The Hall–Kier alpha value is -2.76. The number of carbonyl (C=O) groups is 1. The Morgan fingerprint density at radius 2 is 1.96 bits per heavy atom. The minimum atomic E-state index is -0.193. The Labute approximate surface area is 146 Å². The van der Waals surface area contributed by atoms with Crippen LogP contribution >= 0.6 is 0 Å². The highest BCUT2D eigenvalue weighted by atomic mass is 16.1. The number of carbonyl (C=O) groups excluding carboxylic acids is 1. The van der Waals surface area contributed by atoms with Crippen LogP contribution in [0.3, 0.4) is 0 Å². The molecule has 25 heavy (non-hydrogen) atoms. The second-order valence-corrected chi connectivity index (χ2v) is 6.59. The summed E-state index contributed by atoms with van der Waals surface area (Å²) >= 11 is 0. The number of pyridine rings is 2. The molecule has 0 saturated heterocycles. The summed E-state index contributed by atoms with van der Waals surface area (Å²) in [6, 6.07) is 7.37. The van der Waals surface area contributed by atoms with Crippen molar-refractivity contribution in [2.24, 2.45) is 0 Å². The van der Waals surface area contributed by atoms with E-state index in [1.807, 2.05) is 26.0 Å². The molecule has 6 nitrogen and oxygen atoms in total. The van der Waals surface area contributed by atoms with Crippen LogP contribution in [0.1, 0.15) is 46.8 Å².